The SMILES string of the molecule is Cc1ccc2c(CC(=O)N(Cc3c(F)cccc3Cl)C3CC3)coc2c1. The second kappa shape index (κ2) is 6.76. The van der Waals surface area contributed by atoms with Gasteiger partial charge in [0.05, 0.1) is 19.2 Å². The molecule has 0 bridgehead atoms. The minimum Gasteiger partial charge on any atom is -0.464 e. The standard InChI is InChI=1S/C21H19ClFNO2/c1-13-5-8-16-14(12-26-20(16)9-13)10-21(25)24(15-6-7-15)11-17-18(22)3-2-4-19(17)23/h2-5,8-9,12,15H,6-7,10-11H2,1H3. The van der Waals surface area contributed by atoms with Gasteiger partial charge in [-0.3, -0.25) is 4.79 Å². The zero-order valence-corrected chi connectivity index (χ0v) is 15.2. The van der Waals surface area contributed by atoms with Crippen LogP contribution in [0.15, 0.2) is 47.1 Å². The molecule has 1 fully saturated rings. The molecular weight excluding hydrogens is 353 g/mol. The number of carbonyl (C=O) groups excluding carboxylic acids is 1. The number of nitrogens with zero attached hydrogens (tertiary/aromatic N) is 1. The number of hydrogen-bond donors (Lipinski definition) is 0. The maximum atomic E-state index is 14.1. The molecule has 0 unspecified atom stereocenters. The summed E-state index contributed by atoms with van der Waals surface area (Å²) in [7, 11) is 0. The maximum Gasteiger partial charge on any atom is 0.227 e. The predicted molar refractivity (Wildman–Crippen MR) is 99.6 cm³/mol. The molecule has 1 amide bonds. The van der Waals surface area contributed by atoms with Gasteiger partial charge < -0.3 is 9.32 Å². The van der Waals surface area contributed by atoms with E-state index in [0.717, 1.165) is 34.9 Å². The van der Waals surface area contributed by atoms with Crippen LogP contribution in [0.5, 0.6) is 0 Å². The van der Waals surface area contributed by atoms with Crippen LogP contribution in [-0.4, -0.2) is 16.8 Å². The van der Waals surface area contributed by atoms with Crippen molar-refractivity contribution in [2.75, 3.05) is 0 Å². The number of carbonyl (C=O) groups is 1. The minimum atomic E-state index is -0.375. The number of furan rings is 1. The molecule has 0 aliphatic heterocycles. The molecule has 1 heterocycles. The Hall–Kier alpha value is -2.33. The topological polar surface area (TPSA) is 33.5 Å². The summed E-state index contributed by atoms with van der Waals surface area (Å²) in [6.45, 7) is 2.20. The van der Waals surface area contributed by atoms with E-state index >= 15 is 0 Å². The second-order valence-electron chi connectivity index (χ2n) is 6.89. The van der Waals surface area contributed by atoms with Crippen molar-refractivity contribution < 1.29 is 13.6 Å². The van der Waals surface area contributed by atoms with Gasteiger partial charge in [-0.05, 0) is 43.5 Å². The lowest BCUT2D eigenvalue weighted by Crippen LogP contribution is -2.34. The molecule has 1 aromatic heterocycles. The summed E-state index contributed by atoms with van der Waals surface area (Å²) >= 11 is 6.15. The molecule has 0 spiro atoms. The number of rotatable bonds is 5. The summed E-state index contributed by atoms with van der Waals surface area (Å²) in [5, 5.41) is 1.30. The van der Waals surface area contributed by atoms with E-state index in [1.54, 1.807) is 23.3 Å². The predicted octanol–water partition coefficient (Wildman–Crippen LogP) is 5.27. The van der Waals surface area contributed by atoms with E-state index in [-0.39, 0.29) is 30.7 Å². The molecule has 0 radical (unpaired) electrons. The van der Waals surface area contributed by atoms with Crippen molar-refractivity contribution >= 4 is 28.5 Å². The number of fused-ring (bicyclic) bond motifs is 1. The summed E-state index contributed by atoms with van der Waals surface area (Å²) in [6.07, 6.45) is 3.77. The molecule has 0 N–H and O–H groups in total. The lowest BCUT2D eigenvalue weighted by molar-refractivity contribution is -0.131. The Bertz CT molecular complexity index is 957. The van der Waals surface area contributed by atoms with Crippen LogP contribution < -0.4 is 0 Å². The summed E-state index contributed by atoms with van der Waals surface area (Å²) in [4.78, 5) is 14.7. The van der Waals surface area contributed by atoms with E-state index in [1.165, 1.54) is 6.07 Å². The Morgan fingerprint density at radius 3 is 2.85 bits per heavy atom. The number of hydrogen-bond acceptors (Lipinski definition) is 2. The monoisotopic (exact) mass is 371 g/mol. The lowest BCUT2D eigenvalue weighted by Gasteiger charge is -2.23. The molecule has 1 aliphatic rings. The second-order valence-corrected chi connectivity index (χ2v) is 7.30. The minimum absolute atomic E-state index is 0.0323. The van der Waals surface area contributed by atoms with Crippen LogP contribution in [0.4, 0.5) is 4.39 Å². The van der Waals surface area contributed by atoms with Gasteiger partial charge in [-0.2, -0.15) is 0 Å². The number of amides is 1. The molecule has 134 valence electrons. The molecule has 0 atom stereocenters. The zero-order valence-electron chi connectivity index (χ0n) is 14.5. The largest absolute Gasteiger partial charge is 0.464 e. The van der Waals surface area contributed by atoms with Crippen LogP contribution in [-0.2, 0) is 17.8 Å². The molecule has 2 aromatic carbocycles. The average molecular weight is 372 g/mol. The molecule has 1 aliphatic carbocycles. The zero-order chi connectivity index (χ0) is 18.3. The third kappa shape index (κ3) is 3.34. The quantitative estimate of drug-likeness (QED) is 0.612. The smallest absolute Gasteiger partial charge is 0.227 e. The number of benzene rings is 2. The first-order chi connectivity index (χ1) is 12.5. The maximum absolute atomic E-state index is 14.1. The Morgan fingerprint density at radius 2 is 2.12 bits per heavy atom. The van der Waals surface area contributed by atoms with Crippen molar-refractivity contribution in [2.24, 2.45) is 0 Å². The van der Waals surface area contributed by atoms with E-state index < -0.39 is 0 Å². The van der Waals surface area contributed by atoms with Gasteiger partial charge in [0.15, 0.2) is 0 Å². The first-order valence-electron chi connectivity index (χ1n) is 8.72. The highest BCUT2D eigenvalue weighted by Crippen LogP contribution is 2.32. The van der Waals surface area contributed by atoms with E-state index in [2.05, 4.69) is 0 Å². The Kier molecular flexibility index (Phi) is 4.45. The van der Waals surface area contributed by atoms with Crippen LogP contribution in [0.1, 0.15) is 29.5 Å². The molecule has 4 rings (SSSR count). The molecule has 26 heavy (non-hydrogen) atoms. The lowest BCUT2D eigenvalue weighted by atomic mass is 10.1. The van der Waals surface area contributed by atoms with Crippen LogP contribution >= 0.6 is 11.6 Å². The highest BCUT2D eigenvalue weighted by atomic mass is 35.5. The van der Waals surface area contributed by atoms with Gasteiger partial charge >= 0.3 is 0 Å². The van der Waals surface area contributed by atoms with E-state index in [9.17, 15) is 9.18 Å². The highest BCUT2D eigenvalue weighted by Gasteiger charge is 2.33. The first-order valence-corrected chi connectivity index (χ1v) is 9.10. The van der Waals surface area contributed by atoms with E-state index in [0.29, 0.717) is 10.6 Å². The van der Waals surface area contributed by atoms with Gasteiger partial charge in [-0.25, -0.2) is 4.39 Å². The highest BCUT2D eigenvalue weighted by molar-refractivity contribution is 6.31. The molecule has 3 nitrogen and oxygen atoms in total. The first kappa shape index (κ1) is 17.1. The third-order valence-corrected chi connectivity index (χ3v) is 5.21. The molecule has 3 aromatic rings. The number of aryl methyl sites for hydroxylation is 1. The Labute approximate surface area is 156 Å². The summed E-state index contributed by atoms with van der Waals surface area (Å²) < 4.78 is 19.7. The average Bonchev–Trinajstić information content (AvgIpc) is 3.37. The van der Waals surface area contributed by atoms with Crippen LogP contribution in [0.2, 0.25) is 5.02 Å². The summed E-state index contributed by atoms with van der Waals surface area (Å²) in [5.41, 5.74) is 3.12. The van der Waals surface area contributed by atoms with Gasteiger partial charge in [0.2, 0.25) is 5.91 Å². The molecule has 1 saturated carbocycles. The van der Waals surface area contributed by atoms with Crippen molar-refractivity contribution in [3.63, 3.8) is 0 Å². The number of halogens is 2. The van der Waals surface area contributed by atoms with Crippen LogP contribution in [0.25, 0.3) is 11.0 Å². The van der Waals surface area contributed by atoms with Crippen molar-refractivity contribution in [1.82, 2.24) is 4.90 Å². The van der Waals surface area contributed by atoms with Crippen LogP contribution in [0, 0.1) is 12.7 Å². The normalized spacial score (nSPS) is 14.0. The fourth-order valence-corrected chi connectivity index (χ4v) is 3.48. The summed E-state index contributed by atoms with van der Waals surface area (Å²) in [6, 6.07) is 10.7. The molecular formula is C21H19ClFNO2. The van der Waals surface area contributed by atoms with Gasteiger partial charge in [0, 0.05) is 27.6 Å². The fourth-order valence-electron chi connectivity index (χ4n) is 3.25. The van der Waals surface area contributed by atoms with Crippen molar-refractivity contribution in [1.29, 1.82) is 0 Å². The van der Waals surface area contributed by atoms with Crippen molar-refractivity contribution in [3.8, 4) is 0 Å². The van der Waals surface area contributed by atoms with Crippen LogP contribution in [0.3, 0.4) is 0 Å². The van der Waals surface area contributed by atoms with Crippen molar-refractivity contribution in [2.45, 2.75) is 38.8 Å². The Morgan fingerprint density at radius 1 is 1.31 bits per heavy atom. The molecule has 5 heteroatoms. The van der Waals surface area contributed by atoms with Gasteiger partial charge in [-0.1, -0.05) is 29.8 Å². The van der Waals surface area contributed by atoms with Gasteiger partial charge in [-0.15, -0.1) is 0 Å². The van der Waals surface area contributed by atoms with Gasteiger partial charge in [0.1, 0.15) is 11.4 Å². The van der Waals surface area contributed by atoms with Gasteiger partial charge in [0.25, 0.3) is 0 Å². The Balaban J connectivity index is 1.58. The fraction of sp³-hybridized carbons (Fsp3) is 0.286. The third-order valence-electron chi connectivity index (χ3n) is 4.85. The van der Waals surface area contributed by atoms with E-state index in [1.807, 2.05) is 25.1 Å². The molecule has 0 saturated heterocycles. The van der Waals surface area contributed by atoms with E-state index in [4.69, 9.17) is 16.0 Å². The summed E-state index contributed by atoms with van der Waals surface area (Å²) in [5.74, 6) is -0.407. The van der Waals surface area contributed by atoms with Crippen molar-refractivity contribution in [3.05, 3.63) is 70.2 Å².